The van der Waals surface area contributed by atoms with Gasteiger partial charge in [0.2, 0.25) is 0 Å². The lowest BCUT2D eigenvalue weighted by Crippen LogP contribution is -2.36. The number of hydrogen-bond acceptors (Lipinski definition) is 5. The second-order valence-corrected chi connectivity index (χ2v) is 5.59. The van der Waals surface area contributed by atoms with Crippen LogP contribution in [-0.2, 0) is 20.9 Å². The molecule has 7 heteroatoms. The van der Waals surface area contributed by atoms with Crippen LogP contribution in [0.25, 0.3) is 10.9 Å². The van der Waals surface area contributed by atoms with Crippen molar-refractivity contribution in [2.75, 3.05) is 6.61 Å². The highest BCUT2D eigenvalue weighted by atomic mass is 16.8. The molecule has 1 N–H and O–H groups in total. The fraction of sp³-hybridized carbons (Fsp3) is 0.438. The number of nitrogens with one attached hydrogen (secondary N) is 1. The van der Waals surface area contributed by atoms with Crippen molar-refractivity contribution in [2.45, 2.75) is 39.0 Å². The molecule has 122 valence electrons. The van der Waals surface area contributed by atoms with E-state index in [0.29, 0.717) is 17.5 Å². The third kappa shape index (κ3) is 3.57. The van der Waals surface area contributed by atoms with E-state index in [0.717, 1.165) is 24.8 Å². The van der Waals surface area contributed by atoms with Gasteiger partial charge in [-0.25, -0.2) is 15.3 Å². The summed E-state index contributed by atoms with van der Waals surface area (Å²) in [5.74, 6) is -0.421. The highest BCUT2D eigenvalue weighted by Crippen LogP contribution is 2.13. The largest absolute Gasteiger partial charge is 0.350 e. The van der Waals surface area contributed by atoms with Crippen LogP contribution in [0.3, 0.4) is 0 Å². The van der Waals surface area contributed by atoms with E-state index >= 15 is 0 Å². The maximum atomic E-state index is 12.4. The van der Waals surface area contributed by atoms with Crippen molar-refractivity contribution in [1.82, 2.24) is 15.0 Å². The van der Waals surface area contributed by atoms with E-state index in [9.17, 15) is 9.59 Å². The van der Waals surface area contributed by atoms with Gasteiger partial charge >= 0.3 is 0 Å². The van der Waals surface area contributed by atoms with Gasteiger partial charge in [-0.3, -0.25) is 14.2 Å². The summed E-state index contributed by atoms with van der Waals surface area (Å²) in [6.45, 7) is 2.38. The van der Waals surface area contributed by atoms with Crippen LogP contribution in [0, 0.1) is 6.92 Å². The summed E-state index contributed by atoms with van der Waals surface area (Å²) in [7, 11) is 0. The number of carbonyl (C=O) groups excluding carboxylic acids is 1. The standard InChI is InChI=1S/C16H19N3O4/c1-11-5-4-6-12-15(11)17-10-19(16(12)21)9-13(20)18-23-14-7-2-3-8-22-14/h4-6,10,14H,2-3,7-9H2,1H3,(H,18,20)/t14-/m0/s1. The molecule has 0 aliphatic carbocycles. The minimum atomic E-state index is -0.421. The van der Waals surface area contributed by atoms with Gasteiger partial charge in [-0.05, 0) is 31.4 Å². The molecule has 0 saturated carbocycles. The first-order valence-electron chi connectivity index (χ1n) is 7.66. The number of hydroxylamine groups is 1. The van der Waals surface area contributed by atoms with Crippen molar-refractivity contribution in [3.05, 3.63) is 40.4 Å². The van der Waals surface area contributed by atoms with Crippen LogP contribution in [0.2, 0.25) is 0 Å². The van der Waals surface area contributed by atoms with Gasteiger partial charge in [-0.15, -0.1) is 0 Å². The van der Waals surface area contributed by atoms with E-state index in [4.69, 9.17) is 9.57 Å². The third-order valence-corrected chi connectivity index (χ3v) is 3.81. The van der Waals surface area contributed by atoms with E-state index in [1.54, 1.807) is 12.1 Å². The Morgan fingerprint density at radius 1 is 1.48 bits per heavy atom. The van der Waals surface area contributed by atoms with E-state index in [2.05, 4.69) is 10.5 Å². The number of hydrogen-bond donors (Lipinski definition) is 1. The van der Waals surface area contributed by atoms with E-state index < -0.39 is 12.2 Å². The van der Waals surface area contributed by atoms with Crippen LogP contribution in [0.4, 0.5) is 0 Å². The van der Waals surface area contributed by atoms with Crippen LogP contribution in [-0.4, -0.2) is 28.4 Å². The molecule has 1 fully saturated rings. The van der Waals surface area contributed by atoms with E-state index in [1.807, 2.05) is 13.0 Å². The SMILES string of the molecule is Cc1cccc2c(=O)n(CC(=O)NO[C@H]3CCCCO3)cnc12. The fourth-order valence-corrected chi connectivity index (χ4v) is 2.57. The maximum absolute atomic E-state index is 12.4. The lowest BCUT2D eigenvalue weighted by atomic mass is 10.1. The molecule has 1 amide bonds. The van der Waals surface area contributed by atoms with Crippen molar-refractivity contribution < 1.29 is 14.4 Å². The minimum Gasteiger partial charge on any atom is -0.350 e. The summed E-state index contributed by atoms with van der Waals surface area (Å²) in [6.07, 6.45) is 3.73. The molecular formula is C16H19N3O4. The van der Waals surface area contributed by atoms with Gasteiger partial charge in [0, 0.05) is 13.0 Å². The highest BCUT2D eigenvalue weighted by Gasteiger charge is 2.16. The van der Waals surface area contributed by atoms with Crippen molar-refractivity contribution >= 4 is 16.8 Å². The zero-order valence-electron chi connectivity index (χ0n) is 12.9. The molecule has 1 aromatic carbocycles. The number of ether oxygens (including phenoxy) is 1. The van der Waals surface area contributed by atoms with Gasteiger partial charge in [-0.1, -0.05) is 12.1 Å². The first kappa shape index (κ1) is 15.6. The maximum Gasteiger partial charge on any atom is 0.263 e. The Bertz CT molecular complexity index is 765. The fourth-order valence-electron chi connectivity index (χ4n) is 2.57. The molecule has 7 nitrogen and oxygen atoms in total. The van der Waals surface area contributed by atoms with Crippen molar-refractivity contribution in [2.24, 2.45) is 0 Å². The number of nitrogens with zero attached hydrogens (tertiary/aromatic N) is 2. The van der Waals surface area contributed by atoms with Gasteiger partial charge in [0.15, 0.2) is 6.29 Å². The number of rotatable bonds is 4. The van der Waals surface area contributed by atoms with Crippen molar-refractivity contribution in [3.63, 3.8) is 0 Å². The lowest BCUT2D eigenvalue weighted by molar-refractivity contribution is -0.200. The number of aromatic nitrogens is 2. The molecule has 2 aromatic rings. The topological polar surface area (TPSA) is 82.5 Å². The van der Waals surface area contributed by atoms with Gasteiger partial charge in [0.05, 0.1) is 17.2 Å². The Hall–Kier alpha value is -2.25. The highest BCUT2D eigenvalue weighted by molar-refractivity contribution is 5.81. The van der Waals surface area contributed by atoms with Gasteiger partial charge in [-0.2, -0.15) is 0 Å². The first-order valence-corrected chi connectivity index (χ1v) is 7.66. The van der Waals surface area contributed by atoms with Crippen molar-refractivity contribution in [3.8, 4) is 0 Å². The zero-order valence-corrected chi connectivity index (χ0v) is 12.9. The molecule has 23 heavy (non-hydrogen) atoms. The average Bonchev–Trinajstić information content (AvgIpc) is 2.57. The second-order valence-electron chi connectivity index (χ2n) is 5.59. The molecule has 2 heterocycles. The summed E-state index contributed by atoms with van der Waals surface area (Å²) in [4.78, 5) is 33.8. The molecule has 1 saturated heterocycles. The molecule has 0 spiro atoms. The monoisotopic (exact) mass is 317 g/mol. The van der Waals surface area contributed by atoms with E-state index in [-0.39, 0.29) is 12.1 Å². The first-order chi connectivity index (χ1) is 11.1. The molecule has 1 aromatic heterocycles. The number of fused-ring (bicyclic) bond motifs is 1. The number of para-hydroxylation sites is 1. The Balaban J connectivity index is 1.67. The normalized spacial score (nSPS) is 18.0. The quantitative estimate of drug-likeness (QED) is 0.859. The molecule has 1 aliphatic heterocycles. The molecule has 3 rings (SSSR count). The number of benzene rings is 1. The summed E-state index contributed by atoms with van der Waals surface area (Å²) in [5.41, 5.74) is 3.67. The van der Waals surface area contributed by atoms with Crippen LogP contribution in [0.1, 0.15) is 24.8 Å². The minimum absolute atomic E-state index is 0.150. The van der Waals surface area contributed by atoms with Crippen LogP contribution >= 0.6 is 0 Å². The molecule has 1 atom stereocenters. The van der Waals surface area contributed by atoms with Gasteiger partial charge < -0.3 is 4.74 Å². The molecule has 0 bridgehead atoms. The summed E-state index contributed by atoms with van der Waals surface area (Å²) in [5, 5.41) is 0.497. The summed E-state index contributed by atoms with van der Waals surface area (Å²) in [6, 6.07) is 5.40. The molecule has 1 aliphatic rings. The summed E-state index contributed by atoms with van der Waals surface area (Å²) < 4.78 is 6.62. The van der Waals surface area contributed by atoms with Crippen LogP contribution in [0.5, 0.6) is 0 Å². The number of carbonyl (C=O) groups is 1. The Morgan fingerprint density at radius 2 is 2.35 bits per heavy atom. The predicted molar refractivity (Wildman–Crippen MR) is 83.6 cm³/mol. The summed E-state index contributed by atoms with van der Waals surface area (Å²) >= 11 is 0. The Labute approximate surface area is 133 Å². The Morgan fingerprint density at radius 3 is 3.13 bits per heavy atom. The predicted octanol–water partition coefficient (Wildman–Crippen LogP) is 1.28. The average molecular weight is 317 g/mol. The second kappa shape index (κ2) is 6.89. The number of amides is 1. The smallest absolute Gasteiger partial charge is 0.263 e. The Kier molecular flexibility index (Phi) is 4.68. The molecule has 0 radical (unpaired) electrons. The third-order valence-electron chi connectivity index (χ3n) is 3.81. The number of aryl methyl sites for hydroxylation is 1. The zero-order chi connectivity index (χ0) is 16.2. The lowest BCUT2D eigenvalue weighted by Gasteiger charge is -2.22. The molecular weight excluding hydrogens is 298 g/mol. The van der Waals surface area contributed by atoms with E-state index in [1.165, 1.54) is 10.9 Å². The molecule has 0 unspecified atom stereocenters. The van der Waals surface area contributed by atoms with Gasteiger partial charge in [0.1, 0.15) is 6.54 Å². The van der Waals surface area contributed by atoms with Gasteiger partial charge in [0.25, 0.3) is 11.5 Å². The van der Waals surface area contributed by atoms with Crippen LogP contribution < -0.4 is 11.0 Å². The van der Waals surface area contributed by atoms with Crippen LogP contribution in [0.15, 0.2) is 29.3 Å². The van der Waals surface area contributed by atoms with Crippen molar-refractivity contribution in [1.29, 1.82) is 0 Å².